The van der Waals surface area contributed by atoms with E-state index in [0.717, 1.165) is 5.56 Å². The van der Waals surface area contributed by atoms with Crippen LogP contribution in [0.5, 0.6) is 0 Å². The summed E-state index contributed by atoms with van der Waals surface area (Å²) in [5.74, 6) is 0. The first-order valence-corrected chi connectivity index (χ1v) is 8.55. The van der Waals surface area contributed by atoms with E-state index in [4.69, 9.17) is 4.42 Å². The molecule has 0 aliphatic rings. The molecule has 0 fully saturated rings. The number of fused-ring (bicyclic) bond motifs is 1. The van der Waals surface area contributed by atoms with Crippen molar-refractivity contribution in [2.45, 2.75) is 17.9 Å². The number of benzene rings is 2. The minimum atomic E-state index is -3.68. The summed E-state index contributed by atoms with van der Waals surface area (Å²) in [6, 6.07) is 16.2. The van der Waals surface area contributed by atoms with Gasteiger partial charge in [-0.15, -0.1) is 0 Å². The van der Waals surface area contributed by atoms with Crippen molar-refractivity contribution >= 4 is 21.0 Å². The molecule has 0 aliphatic heterocycles. The van der Waals surface area contributed by atoms with E-state index in [-0.39, 0.29) is 10.9 Å². The molecule has 5 nitrogen and oxygen atoms in total. The van der Waals surface area contributed by atoms with Crippen LogP contribution in [-0.4, -0.2) is 8.42 Å². The van der Waals surface area contributed by atoms with Gasteiger partial charge in [0, 0.05) is 17.5 Å². The van der Waals surface area contributed by atoms with E-state index in [9.17, 15) is 13.2 Å². The summed E-state index contributed by atoms with van der Waals surface area (Å²) < 4.78 is 32.7. The zero-order valence-corrected chi connectivity index (χ0v) is 13.2. The fourth-order valence-corrected chi connectivity index (χ4v) is 3.59. The van der Waals surface area contributed by atoms with Gasteiger partial charge in [-0.05, 0) is 36.8 Å². The van der Waals surface area contributed by atoms with Crippen molar-refractivity contribution in [1.82, 2.24) is 4.72 Å². The standard InChI is InChI=1S/C17H15NO4S/c1-12(13-5-3-2-4-6-13)18-23(20,21)15-8-9-16-14(11-15)7-10-17(19)22-16/h2-12,18H,1H3/t12-/m0/s1. The van der Waals surface area contributed by atoms with E-state index in [1.807, 2.05) is 30.3 Å². The Bertz CT molecular complexity index is 994. The van der Waals surface area contributed by atoms with Crippen LogP contribution in [0, 0.1) is 0 Å². The first-order valence-electron chi connectivity index (χ1n) is 7.07. The molecule has 0 radical (unpaired) electrons. The highest BCUT2D eigenvalue weighted by molar-refractivity contribution is 7.89. The van der Waals surface area contributed by atoms with Crippen LogP contribution in [-0.2, 0) is 10.0 Å². The first-order chi connectivity index (χ1) is 11.0. The fraction of sp³-hybridized carbons (Fsp3) is 0.118. The lowest BCUT2D eigenvalue weighted by molar-refractivity contribution is 0.559. The Hall–Kier alpha value is -2.44. The molecule has 1 N–H and O–H groups in total. The molecule has 23 heavy (non-hydrogen) atoms. The third-order valence-corrected chi connectivity index (χ3v) is 5.07. The zero-order valence-electron chi connectivity index (χ0n) is 12.4. The molecule has 6 heteroatoms. The van der Waals surface area contributed by atoms with E-state index in [1.165, 1.54) is 24.3 Å². The van der Waals surface area contributed by atoms with E-state index in [2.05, 4.69) is 4.72 Å². The molecule has 0 saturated carbocycles. The molecule has 1 aromatic heterocycles. The molecule has 0 aliphatic carbocycles. The predicted octanol–water partition coefficient (Wildman–Crippen LogP) is 2.83. The van der Waals surface area contributed by atoms with Gasteiger partial charge in [-0.25, -0.2) is 17.9 Å². The van der Waals surface area contributed by atoms with Crippen molar-refractivity contribution in [1.29, 1.82) is 0 Å². The minimum absolute atomic E-state index is 0.127. The highest BCUT2D eigenvalue weighted by Gasteiger charge is 2.18. The second-order valence-electron chi connectivity index (χ2n) is 5.21. The van der Waals surface area contributed by atoms with Crippen molar-refractivity contribution in [3.63, 3.8) is 0 Å². The average molecular weight is 329 g/mol. The monoisotopic (exact) mass is 329 g/mol. The molecule has 3 aromatic rings. The number of hydrogen-bond acceptors (Lipinski definition) is 4. The van der Waals surface area contributed by atoms with Crippen molar-refractivity contribution < 1.29 is 12.8 Å². The molecule has 1 heterocycles. The van der Waals surface area contributed by atoms with Crippen molar-refractivity contribution in [3.8, 4) is 0 Å². The summed E-state index contributed by atoms with van der Waals surface area (Å²) in [7, 11) is -3.68. The number of hydrogen-bond donors (Lipinski definition) is 1. The normalized spacial score (nSPS) is 13.1. The van der Waals surface area contributed by atoms with Gasteiger partial charge in [0.2, 0.25) is 10.0 Å². The van der Waals surface area contributed by atoms with Crippen LogP contribution in [0.2, 0.25) is 0 Å². The highest BCUT2D eigenvalue weighted by atomic mass is 32.2. The third kappa shape index (κ3) is 3.33. The van der Waals surface area contributed by atoms with Crippen LogP contribution in [0.25, 0.3) is 11.0 Å². The SMILES string of the molecule is C[C@H](NS(=O)(=O)c1ccc2oc(=O)ccc2c1)c1ccccc1. The number of sulfonamides is 1. The van der Waals surface area contributed by atoms with Gasteiger partial charge >= 0.3 is 5.63 Å². The summed E-state index contributed by atoms with van der Waals surface area (Å²) in [6.45, 7) is 1.78. The van der Waals surface area contributed by atoms with Gasteiger partial charge in [-0.3, -0.25) is 0 Å². The topological polar surface area (TPSA) is 76.4 Å². The molecule has 0 amide bonds. The zero-order chi connectivity index (χ0) is 16.4. The molecular weight excluding hydrogens is 314 g/mol. The summed E-state index contributed by atoms with van der Waals surface area (Å²) in [6.07, 6.45) is 0. The second kappa shape index (κ2) is 5.98. The van der Waals surface area contributed by atoms with Gasteiger partial charge in [0.25, 0.3) is 0 Å². The van der Waals surface area contributed by atoms with Gasteiger partial charge in [-0.2, -0.15) is 0 Å². The van der Waals surface area contributed by atoms with Crippen molar-refractivity contribution in [2.24, 2.45) is 0 Å². The van der Waals surface area contributed by atoms with Gasteiger partial charge < -0.3 is 4.42 Å². The molecule has 0 unspecified atom stereocenters. The first kappa shape index (κ1) is 15.5. The summed E-state index contributed by atoms with van der Waals surface area (Å²) >= 11 is 0. The van der Waals surface area contributed by atoms with Gasteiger partial charge in [0.15, 0.2) is 0 Å². The molecule has 0 bridgehead atoms. The number of nitrogens with one attached hydrogen (secondary N) is 1. The Morgan fingerprint density at radius 3 is 2.48 bits per heavy atom. The van der Waals surface area contributed by atoms with Gasteiger partial charge in [-0.1, -0.05) is 30.3 Å². The van der Waals surface area contributed by atoms with Crippen LogP contribution in [0.15, 0.2) is 74.8 Å². The molecule has 0 spiro atoms. The maximum Gasteiger partial charge on any atom is 0.336 e. The summed E-state index contributed by atoms with van der Waals surface area (Å²) in [5.41, 5.74) is 0.763. The van der Waals surface area contributed by atoms with E-state index >= 15 is 0 Å². The van der Waals surface area contributed by atoms with Crippen LogP contribution >= 0.6 is 0 Å². The van der Waals surface area contributed by atoms with Crippen molar-refractivity contribution in [2.75, 3.05) is 0 Å². The minimum Gasteiger partial charge on any atom is -0.423 e. The maximum atomic E-state index is 12.5. The van der Waals surface area contributed by atoms with Crippen molar-refractivity contribution in [3.05, 3.63) is 76.6 Å². The van der Waals surface area contributed by atoms with Crippen LogP contribution < -0.4 is 10.3 Å². The second-order valence-corrected chi connectivity index (χ2v) is 6.92. The summed E-state index contributed by atoms with van der Waals surface area (Å²) in [4.78, 5) is 11.3. The smallest absolute Gasteiger partial charge is 0.336 e. The molecule has 2 aromatic carbocycles. The molecule has 118 valence electrons. The average Bonchev–Trinajstić information content (AvgIpc) is 2.54. The molecular formula is C17H15NO4S. The van der Waals surface area contributed by atoms with E-state index < -0.39 is 15.6 Å². The Balaban J connectivity index is 1.93. The molecule has 3 rings (SSSR count). The lowest BCUT2D eigenvalue weighted by Gasteiger charge is -2.14. The predicted molar refractivity (Wildman–Crippen MR) is 87.7 cm³/mol. The molecule has 1 atom stereocenters. The van der Waals surface area contributed by atoms with Crippen LogP contribution in [0.4, 0.5) is 0 Å². The summed E-state index contributed by atoms with van der Waals surface area (Å²) in [5, 5.41) is 0.555. The third-order valence-electron chi connectivity index (χ3n) is 3.53. The molecule has 0 saturated heterocycles. The van der Waals surface area contributed by atoms with Crippen LogP contribution in [0.1, 0.15) is 18.5 Å². The van der Waals surface area contributed by atoms with E-state index in [1.54, 1.807) is 13.0 Å². The quantitative estimate of drug-likeness (QED) is 0.747. The Labute approximate surface area is 133 Å². The lowest BCUT2D eigenvalue weighted by Crippen LogP contribution is -2.26. The van der Waals surface area contributed by atoms with Gasteiger partial charge in [0.1, 0.15) is 5.58 Å². The maximum absolute atomic E-state index is 12.5. The fourth-order valence-electron chi connectivity index (χ4n) is 2.33. The Morgan fingerprint density at radius 2 is 1.74 bits per heavy atom. The van der Waals surface area contributed by atoms with E-state index in [0.29, 0.717) is 11.0 Å². The lowest BCUT2D eigenvalue weighted by atomic mass is 10.1. The van der Waals surface area contributed by atoms with Gasteiger partial charge in [0.05, 0.1) is 4.90 Å². The van der Waals surface area contributed by atoms with Crippen LogP contribution in [0.3, 0.4) is 0 Å². The largest absolute Gasteiger partial charge is 0.423 e. The Morgan fingerprint density at radius 1 is 1.00 bits per heavy atom. The highest BCUT2D eigenvalue weighted by Crippen LogP contribution is 2.20. The Kier molecular flexibility index (Phi) is 4.02. The number of rotatable bonds is 4.